The van der Waals surface area contributed by atoms with Crippen molar-refractivity contribution < 1.29 is 27.5 Å². The average Bonchev–Trinajstić information content (AvgIpc) is 2.83. The number of amides is 3. The summed E-state index contributed by atoms with van der Waals surface area (Å²) in [5.41, 5.74) is 0.599. The molecule has 0 bridgehead atoms. The van der Waals surface area contributed by atoms with Crippen molar-refractivity contribution in [1.29, 1.82) is 0 Å². The van der Waals surface area contributed by atoms with Crippen molar-refractivity contribution in [3.63, 3.8) is 0 Å². The number of piperazine rings is 1. The molecular formula is C25H30N4O6S2. The molecule has 3 amide bonds. The van der Waals surface area contributed by atoms with Gasteiger partial charge in [-0.15, -0.1) is 11.8 Å². The van der Waals surface area contributed by atoms with Gasteiger partial charge < -0.3 is 20.3 Å². The molecule has 2 aliphatic rings. The minimum atomic E-state index is -3.84. The number of hydrogen-bond donors (Lipinski definition) is 2. The summed E-state index contributed by atoms with van der Waals surface area (Å²) in [5, 5.41) is 5.32. The fourth-order valence-electron chi connectivity index (χ4n) is 3.87. The zero-order valence-corrected chi connectivity index (χ0v) is 22.7. The highest BCUT2D eigenvalue weighted by molar-refractivity contribution is 8.01. The molecule has 2 heterocycles. The maximum absolute atomic E-state index is 13.3. The number of sulfonamides is 1. The second kappa shape index (κ2) is 10.3. The van der Waals surface area contributed by atoms with E-state index in [-0.39, 0.29) is 42.2 Å². The molecule has 1 unspecified atom stereocenters. The number of rotatable bonds is 4. The van der Waals surface area contributed by atoms with Gasteiger partial charge in [-0.2, -0.15) is 4.31 Å². The smallest absolute Gasteiger partial charge is 0.410 e. The van der Waals surface area contributed by atoms with Gasteiger partial charge in [0.25, 0.3) is 5.91 Å². The summed E-state index contributed by atoms with van der Waals surface area (Å²) in [6.45, 7) is 7.85. The summed E-state index contributed by atoms with van der Waals surface area (Å²) >= 11 is 1.42. The van der Waals surface area contributed by atoms with E-state index in [4.69, 9.17) is 4.74 Å². The van der Waals surface area contributed by atoms with Gasteiger partial charge >= 0.3 is 6.09 Å². The van der Waals surface area contributed by atoms with E-state index in [2.05, 4.69) is 10.6 Å². The Balaban J connectivity index is 1.42. The fourth-order valence-corrected chi connectivity index (χ4v) is 6.27. The molecule has 198 valence electrons. The van der Waals surface area contributed by atoms with E-state index < -0.39 is 27.6 Å². The highest BCUT2D eigenvalue weighted by Crippen LogP contribution is 2.36. The van der Waals surface area contributed by atoms with Gasteiger partial charge in [-0.05, 0) is 64.1 Å². The topological polar surface area (TPSA) is 125 Å². The van der Waals surface area contributed by atoms with Gasteiger partial charge in [-0.3, -0.25) is 9.59 Å². The summed E-state index contributed by atoms with van der Waals surface area (Å²) in [4.78, 5) is 39.5. The van der Waals surface area contributed by atoms with Crippen LogP contribution >= 0.6 is 11.8 Å². The third-order valence-electron chi connectivity index (χ3n) is 5.79. The van der Waals surface area contributed by atoms with Gasteiger partial charge in [0, 0.05) is 42.3 Å². The van der Waals surface area contributed by atoms with Gasteiger partial charge in [0.1, 0.15) is 5.60 Å². The van der Waals surface area contributed by atoms with Crippen LogP contribution in [0.2, 0.25) is 0 Å². The number of carbonyl (C=O) groups excluding carboxylic acids is 3. The molecule has 0 aromatic heterocycles. The fraction of sp³-hybridized carbons (Fsp3) is 0.400. The highest BCUT2D eigenvalue weighted by Gasteiger charge is 2.32. The van der Waals surface area contributed by atoms with Crippen LogP contribution in [0.3, 0.4) is 0 Å². The maximum Gasteiger partial charge on any atom is 0.410 e. The molecule has 0 saturated carbocycles. The summed E-state index contributed by atoms with van der Waals surface area (Å²) in [7, 11) is -3.84. The van der Waals surface area contributed by atoms with E-state index in [0.717, 1.165) is 4.90 Å². The van der Waals surface area contributed by atoms with Crippen LogP contribution in [0.1, 0.15) is 38.1 Å². The summed E-state index contributed by atoms with van der Waals surface area (Å²) in [6.07, 6.45) is -0.468. The molecule has 0 aliphatic carbocycles. The SMILES string of the molecule is CC1Sc2ccc(C(=O)Nc3cccc(S(=O)(=O)N4CCN(C(=O)OC(C)(C)C)CC4)c3)cc2NC1=O. The van der Waals surface area contributed by atoms with E-state index in [9.17, 15) is 22.8 Å². The van der Waals surface area contributed by atoms with Crippen LogP contribution in [-0.4, -0.2) is 72.6 Å². The van der Waals surface area contributed by atoms with E-state index in [1.54, 1.807) is 51.1 Å². The third-order valence-corrected chi connectivity index (χ3v) is 8.86. The lowest BCUT2D eigenvalue weighted by atomic mass is 10.1. The molecule has 2 aliphatic heterocycles. The van der Waals surface area contributed by atoms with Gasteiger partial charge in [-0.25, -0.2) is 13.2 Å². The van der Waals surface area contributed by atoms with Crippen molar-refractivity contribution in [3.05, 3.63) is 48.0 Å². The van der Waals surface area contributed by atoms with Crippen LogP contribution in [0.25, 0.3) is 0 Å². The first kappa shape index (κ1) is 27.0. The number of nitrogens with zero attached hydrogens (tertiary/aromatic N) is 2. The zero-order valence-electron chi connectivity index (χ0n) is 21.1. The van der Waals surface area contributed by atoms with E-state index in [1.165, 1.54) is 33.1 Å². The first-order valence-corrected chi connectivity index (χ1v) is 14.2. The Morgan fingerprint density at radius 1 is 1.08 bits per heavy atom. The van der Waals surface area contributed by atoms with Crippen molar-refractivity contribution >= 4 is 51.1 Å². The van der Waals surface area contributed by atoms with Crippen molar-refractivity contribution in [3.8, 4) is 0 Å². The monoisotopic (exact) mass is 546 g/mol. The summed E-state index contributed by atoms with van der Waals surface area (Å²) in [5.74, 6) is -0.555. The Morgan fingerprint density at radius 2 is 1.78 bits per heavy atom. The normalized spacial score (nSPS) is 18.5. The van der Waals surface area contributed by atoms with Crippen LogP contribution in [-0.2, 0) is 19.6 Å². The number of ether oxygens (including phenoxy) is 1. The Morgan fingerprint density at radius 3 is 2.46 bits per heavy atom. The predicted octanol–water partition coefficient (Wildman–Crippen LogP) is 3.61. The molecule has 12 heteroatoms. The number of carbonyl (C=O) groups is 3. The number of thioether (sulfide) groups is 1. The molecule has 10 nitrogen and oxygen atoms in total. The maximum atomic E-state index is 13.3. The van der Waals surface area contributed by atoms with Gasteiger partial charge in [0.2, 0.25) is 15.9 Å². The number of fused-ring (bicyclic) bond motifs is 1. The molecule has 1 atom stereocenters. The molecule has 0 spiro atoms. The minimum absolute atomic E-state index is 0.0408. The van der Waals surface area contributed by atoms with Crippen molar-refractivity contribution in [2.24, 2.45) is 0 Å². The molecule has 37 heavy (non-hydrogen) atoms. The first-order chi connectivity index (χ1) is 17.3. The Bertz CT molecular complexity index is 1330. The number of anilines is 2. The Labute approximate surface area is 220 Å². The largest absolute Gasteiger partial charge is 0.444 e. The molecule has 0 radical (unpaired) electrons. The van der Waals surface area contributed by atoms with Crippen LogP contribution < -0.4 is 10.6 Å². The molecule has 1 fully saturated rings. The second-order valence-corrected chi connectivity index (χ2v) is 13.1. The Kier molecular flexibility index (Phi) is 7.54. The predicted molar refractivity (Wildman–Crippen MR) is 141 cm³/mol. The molecule has 4 rings (SSSR count). The van der Waals surface area contributed by atoms with Crippen LogP contribution in [0, 0.1) is 0 Å². The molecular weight excluding hydrogens is 516 g/mol. The van der Waals surface area contributed by atoms with E-state index in [0.29, 0.717) is 16.9 Å². The lowest BCUT2D eigenvalue weighted by Crippen LogP contribution is -2.51. The quantitative estimate of drug-likeness (QED) is 0.600. The minimum Gasteiger partial charge on any atom is -0.444 e. The summed E-state index contributed by atoms with van der Waals surface area (Å²) in [6, 6.07) is 11.1. The van der Waals surface area contributed by atoms with Gasteiger partial charge in [0.05, 0.1) is 15.8 Å². The zero-order chi connectivity index (χ0) is 27.0. The molecule has 2 aromatic rings. The number of hydrogen-bond acceptors (Lipinski definition) is 7. The molecule has 2 N–H and O–H groups in total. The standard InChI is InChI=1S/C25H30N4O6S2/c1-16-22(30)27-20-14-17(8-9-21(20)36-16)23(31)26-18-6-5-7-19(15-18)37(33,34)29-12-10-28(11-13-29)24(32)35-25(2,3)4/h5-9,14-16H,10-13H2,1-4H3,(H,26,31)(H,27,30). The van der Waals surface area contributed by atoms with E-state index >= 15 is 0 Å². The highest BCUT2D eigenvalue weighted by atomic mass is 32.2. The number of benzene rings is 2. The van der Waals surface area contributed by atoms with Crippen LogP contribution in [0.15, 0.2) is 52.3 Å². The van der Waals surface area contributed by atoms with Crippen molar-refractivity contribution in [2.75, 3.05) is 36.8 Å². The summed E-state index contributed by atoms with van der Waals surface area (Å²) < 4.78 is 33.2. The van der Waals surface area contributed by atoms with Gasteiger partial charge in [-0.1, -0.05) is 6.07 Å². The number of nitrogens with one attached hydrogen (secondary N) is 2. The second-order valence-electron chi connectivity index (χ2n) is 9.81. The third kappa shape index (κ3) is 6.25. The van der Waals surface area contributed by atoms with Crippen LogP contribution in [0.4, 0.5) is 16.2 Å². The Hall–Kier alpha value is -3.09. The average molecular weight is 547 g/mol. The van der Waals surface area contributed by atoms with E-state index in [1.807, 2.05) is 6.92 Å². The van der Waals surface area contributed by atoms with Crippen molar-refractivity contribution in [2.45, 2.75) is 48.3 Å². The van der Waals surface area contributed by atoms with Crippen LogP contribution in [0.5, 0.6) is 0 Å². The lowest BCUT2D eigenvalue weighted by Gasteiger charge is -2.35. The first-order valence-electron chi connectivity index (χ1n) is 11.8. The molecule has 1 saturated heterocycles. The van der Waals surface area contributed by atoms with Crippen molar-refractivity contribution in [1.82, 2.24) is 9.21 Å². The molecule has 2 aromatic carbocycles. The van der Waals surface area contributed by atoms with Gasteiger partial charge in [0.15, 0.2) is 0 Å². The lowest BCUT2D eigenvalue weighted by molar-refractivity contribution is -0.115.